The Kier molecular flexibility index (Phi) is 5.45. The molecule has 1 N–H and O–H groups in total. The van der Waals surface area contributed by atoms with Crippen molar-refractivity contribution in [1.82, 2.24) is 4.90 Å². The van der Waals surface area contributed by atoms with Crippen LogP contribution in [0, 0.1) is 0 Å². The first-order valence-electron chi connectivity index (χ1n) is 5.76. The summed E-state index contributed by atoms with van der Waals surface area (Å²) in [6.07, 6.45) is 0. The average molecular weight is 253 g/mol. The van der Waals surface area contributed by atoms with Crippen LogP contribution in [0.3, 0.4) is 0 Å². The molecule has 0 aliphatic heterocycles. The lowest BCUT2D eigenvalue weighted by Crippen LogP contribution is -2.29. The van der Waals surface area contributed by atoms with Crippen LogP contribution < -0.4 is 9.47 Å². The summed E-state index contributed by atoms with van der Waals surface area (Å²) in [6, 6.07) is 5.59. The van der Waals surface area contributed by atoms with Gasteiger partial charge in [0.05, 0.1) is 20.8 Å². The fraction of sp³-hybridized carbons (Fsp3) is 0.462. The van der Waals surface area contributed by atoms with Crippen molar-refractivity contribution in [3.8, 4) is 11.5 Å². The zero-order chi connectivity index (χ0) is 13.5. The highest BCUT2D eigenvalue weighted by Crippen LogP contribution is 2.31. The summed E-state index contributed by atoms with van der Waals surface area (Å²) < 4.78 is 10.5. The third kappa shape index (κ3) is 3.63. The Morgan fingerprint density at radius 3 is 2.56 bits per heavy atom. The Balaban J connectivity index is 2.91. The van der Waals surface area contributed by atoms with Gasteiger partial charge in [0.15, 0.2) is 11.5 Å². The van der Waals surface area contributed by atoms with Gasteiger partial charge in [-0.3, -0.25) is 9.69 Å². The first kappa shape index (κ1) is 14.3. The molecule has 0 aliphatic rings. The van der Waals surface area contributed by atoms with E-state index in [1.165, 1.54) is 0 Å². The number of aliphatic carboxylic acids is 1. The Hall–Kier alpha value is -1.75. The first-order valence-corrected chi connectivity index (χ1v) is 5.76. The second-order valence-corrected chi connectivity index (χ2v) is 3.85. The molecule has 0 spiro atoms. The molecule has 5 nitrogen and oxygen atoms in total. The molecule has 1 aromatic carbocycles. The molecule has 0 aromatic heterocycles. The monoisotopic (exact) mass is 253 g/mol. The molecular formula is C13H19NO4. The third-order valence-electron chi connectivity index (χ3n) is 2.68. The van der Waals surface area contributed by atoms with Crippen molar-refractivity contribution in [2.24, 2.45) is 0 Å². The second kappa shape index (κ2) is 6.86. The molecule has 0 bridgehead atoms. The van der Waals surface area contributed by atoms with Crippen molar-refractivity contribution in [3.63, 3.8) is 0 Å². The van der Waals surface area contributed by atoms with Gasteiger partial charge >= 0.3 is 5.97 Å². The summed E-state index contributed by atoms with van der Waals surface area (Å²) in [7, 11) is 3.16. The molecule has 0 amide bonds. The van der Waals surface area contributed by atoms with E-state index in [4.69, 9.17) is 14.6 Å². The molecule has 0 radical (unpaired) electrons. The highest BCUT2D eigenvalue weighted by Gasteiger charge is 2.14. The van der Waals surface area contributed by atoms with E-state index in [0.717, 1.165) is 5.56 Å². The van der Waals surface area contributed by atoms with Crippen LogP contribution in [-0.4, -0.2) is 43.3 Å². The minimum Gasteiger partial charge on any atom is -0.493 e. The summed E-state index contributed by atoms with van der Waals surface area (Å²) in [5, 5.41) is 8.82. The van der Waals surface area contributed by atoms with Gasteiger partial charge in [0.25, 0.3) is 0 Å². The lowest BCUT2D eigenvalue weighted by molar-refractivity contribution is -0.138. The minimum atomic E-state index is -0.835. The fourth-order valence-corrected chi connectivity index (χ4v) is 1.79. The number of hydrogen-bond acceptors (Lipinski definition) is 4. The Bertz CT molecular complexity index is 406. The van der Waals surface area contributed by atoms with E-state index in [-0.39, 0.29) is 6.54 Å². The number of para-hydroxylation sites is 1. The van der Waals surface area contributed by atoms with Gasteiger partial charge in [0.2, 0.25) is 0 Å². The summed E-state index contributed by atoms with van der Waals surface area (Å²) >= 11 is 0. The molecular weight excluding hydrogens is 234 g/mol. The van der Waals surface area contributed by atoms with Crippen molar-refractivity contribution in [1.29, 1.82) is 0 Å². The maximum Gasteiger partial charge on any atom is 0.317 e. The first-order chi connectivity index (χ1) is 8.62. The van der Waals surface area contributed by atoms with Crippen LogP contribution >= 0.6 is 0 Å². The number of nitrogens with zero attached hydrogens (tertiary/aromatic N) is 1. The van der Waals surface area contributed by atoms with Crippen LogP contribution in [0.15, 0.2) is 18.2 Å². The zero-order valence-electron chi connectivity index (χ0n) is 11.0. The molecule has 1 rings (SSSR count). The zero-order valence-corrected chi connectivity index (χ0v) is 11.0. The van der Waals surface area contributed by atoms with Gasteiger partial charge < -0.3 is 14.6 Å². The van der Waals surface area contributed by atoms with Gasteiger partial charge in [-0.15, -0.1) is 0 Å². The number of rotatable bonds is 7. The lowest BCUT2D eigenvalue weighted by Gasteiger charge is -2.20. The van der Waals surface area contributed by atoms with Gasteiger partial charge in [-0.25, -0.2) is 0 Å². The predicted molar refractivity (Wildman–Crippen MR) is 68.1 cm³/mol. The molecule has 1 aromatic rings. The van der Waals surface area contributed by atoms with Crippen LogP contribution in [0.25, 0.3) is 0 Å². The molecule has 0 atom stereocenters. The highest BCUT2D eigenvalue weighted by atomic mass is 16.5. The quantitative estimate of drug-likeness (QED) is 0.800. The summed E-state index contributed by atoms with van der Waals surface area (Å²) in [6.45, 7) is 3.11. The smallest absolute Gasteiger partial charge is 0.317 e. The van der Waals surface area contributed by atoms with Crippen molar-refractivity contribution in [2.45, 2.75) is 13.5 Å². The van der Waals surface area contributed by atoms with E-state index in [9.17, 15) is 4.79 Å². The second-order valence-electron chi connectivity index (χ2n) is 3.85. The lowest BCUT2D eigenvalue weighted by atomic mass is 10.1. The Morgan fingerprint density at radius 2 is 2.06 bits per heavy atom. The van der Waals surface area contributed by atoms with Crippen molar-refractivity contribution in [3.05, 3.63) is 23.8 Å². The number of likely N-dealkylation sites (N-methyl/N-ethyl adjacent to an activating group) is 1. The molecule has 0 saturated carbocycles. The Morgan fingerprint density at radius 1 is 1.33 bits per heavy atom. The molecule has 100 valence electrons. The van der Waals surface area contributed by atoms with Crippen LogP contribution in [0.1, 0.15) is 12.5 Å². The van der Waals surface area contributed by atoms with Crippen molar-refractivity contribution in [2.75, 3.05) is 27.3 Å². The number of carbonyl (C=O) groups is 1. The SMILES string of the molecule is CCN(CC(=O)O)Cc1cccc(OC)c1OC. The number of ether oxygens (including phenoxy) is 2. The van der Waals surface area contributed by atoms with Crippen LogP contribution in [0.4, 0.5) is 0 Å². The standard InChI is InChI=1S/C13H19NO4/c1-4-14(9-12(15)16)8-10-6-5-7-11(17-2)13(10)18-3/h5-7H,4,8-9H2,1-3H3,(H,15,16). The van der Waals surface area contributed by atoms with E-state index in [0.29, 0.717) is 24.6 Å². The van der Waals surface area contributed by atoms with Gasteiger partial charge in [0, 0.05) is 12.1 Å². The van der Waals surface area contributed by atoms with Crippen molar-refractivity contribution >= 4 is 5.97 Å². The number of carboxylic acid groups (broad SMARTS) is 1. The van der Waals surface area contributed by atoms with E-state index < -0.39 is 5.97 Å². The average Bonchev–Trinajstić information content (AvgIpc) is 2.36. The summed E-state index contributed by atoms with van der Waals surface area (Å²) in [5.74, 6) is 0.476. The van der Waals surface area contributed by atoms with E-state index in [1.54, 1.807) is 14.2 Å². The largest absolute Gasteiger partial charge is 0.493 e. The predicted octanol–water partition coefficient (Wildman–Crippen LogP) is 1.61. The molecule has 5 heteroatoms. The van der Waals surface area contributed by atoms with Crippen molar-refractivity contribution < 1.29 is 19.4 Å². The van der Waals surface area contributed by atoms with E-state index >= 15 is 0 Å². The molecule has 0 saturated heterocycles. The topological polar surface area (TPSA) is 59.0 Å². The molecule has 0 fully saturated rings. The van der Waals surface area contributed by atoms with Crippen LogP contribution in [0.2, 0.25) is 0 Å². The fourth-order valence-electron chi connectivity index (χ4n) is 1.79. The van der Waals surface area contributed by atoms with E-state index in [2.05, 4.69) is 0 Å². The molecule has 0 heterocycles. The Labute approximate surface area is 107 Å². The van der Waals surface area contributed by atoms with Gasteiger partial charge in [-0.05, 0) is 12.6 Å². The number of benzene rings is 1. The normalized spacial score (nSPS) is 10.4. The number of carboxylic acids is 1. The van der Waals surface area contributed by atoms with Gasteiger partial charge in [-0.1, -0.05) is 19.1 Å². The third-order valence-corrected chi connectivity index (χ3v) is 2.68. The van der Waals surface area contributed by atoms with E-state index in [1.807, 2.05) is 30.0 Å². The van der Waals surface area contributed by atoms with Gasteiger partial charge in [-0.2, -0.15) is 0 Å². The summed E-state index contributed by atoms with van der Waals surface area (Å²) in [5.41, 5.74) is 0.917. The number of hydrogen-bond donors (Lipinski definition) is 1. The van der Waals surface area contributed by atoms with Crippen LogP contribution in [0.5, 0.6) is 11.5 Å². The molecule has 0 aliphatic carbocycles. The number of methoxy groups -OCH3 is 2. The molecule has 18 heavy (non-hydrogen) atoms. The highest BCUT2D eigenvalue weighted by molar-refractivity contribution is 5.69. The maximum absolute atomic E-state index is 10.7. The molecule has 0 unspecified atom stereocenters. The van der Waals surface area contributed by atoms with Crippen LogP contribution in [-0.2, 0) is 11.3 Å². The maximum atomic E-state index is 10.7. The van der Waals surface area contributed by atoms with Gasteiger partial charge in [0.1, 0.15) is 0 Å². The summed E-state index contributed by atoms with van der Waals surface area (Å²) in [4.78, 5) is 12.6. The minimum absolute atomic E-state index is 0.0108.